The quantitative estimate of drug-likeness (QED) is 0.438. The molecule has 1 saturated carbocycles. The Morgan fingerprint density at radius 2 is 1.46 bits per heavy atom. The van der Waals surface area contributed by atoms with Crippen LogP contribution >= 0.6 is 0 Å². The lowest BCUT2D eigenvalue weighted by atomic mass is 9.77. The van der Waals surface area contributed by atoms with Crippen molar-refractivity contribution >= 4 is 0 Å². The molecule has 2 aromatic carbocycles. The topological polar surface area (TPSA) is 0 Å². The van der Waals surface area contributed by atoms with Gasteiger partial charge in [-0.05, 0) is 61.3 Å². The van der Waals surface area contributed by atoms with Gasteiger partial charge in [-0.15, -0.1) is 0 Å². The lowest BCUT2D eigenvalue weighted by Crippen LogP contribution is -2.12. The van der Waals surface area contributed by atoms with Gasteiger partial charge >= 0.3 is 0 Å². The normalized spacial score (nSPS) is 21.0. The van der Waals surface area contributed by atoms with Crippen molar-refractivity contribution in [3.63, 3.8) is 0 Å². The fourth-order valence-electron chi connectivity index (χ4n) is 3.64. The Kier molecular flexibility index (Phi) is 4.93. The summed E-state index contributed by atoms with van der Waals surface area (Å²) in [4.78, 5) is 0. The molecule has 2 aromatic rings. The van der Waals surface area contributed by atoms with E-state index in [-0.39, 0.29) is 11.1 Å². The molecule has 0 nitrogen and oxygen atoms in total. The van der Waals surface area contributed by atoms with Crippen LogP contribution in [0, 0.1) is 29.2 Å². The van der Waals surface area contributed by atoms with Crippen LogP contribution in [-0.4, -0.2) is 0 Å². The van der Waals surface area contributed by atoms with Gasteiger partial charge in [-0.1, -0.05) is 25.5 Å². The second-order valence-corrected chi connectivity index (χ2v) is 6.59. The predicted molar refractivity (Wildman–Crippen MR) is 86.7 cm³/mol. The van der Waals surface area contributed by atoms with Gasteiger partial charge in [-0.2, -0.15) is 0 Å². The van der Waals surface area contributed by atoms with Crippen molar-refractivity contribution in [2.45, 2.75) is 44.9 Å². The Balaban J connectivity index is 1.87. The lowest BCUT2D eigenvalue weighted by molar-refractivity contribution is 0.318. The van der Waals surface area contributed by atoms with E-state index in [9.17, 15) is 17.6 Å². The van der Waals surface area contributed by atoms with E-state index in [1.807, 2.05) is 0 Å². The van der Waals surface area contributed by atoms with Crippen molar-refractivity contribution < 1.29 is 17.6 Å². The zero-order valence-corrected chi connectivity index (χ0v) is 13.6. The predicted octanol–water partition coefficient (Wildman–Crippen LogP) is 6.59. The summed E-state index contributed by atoms with van der Waals surface area (Å²) in [6, 6.07) is 6.53. The molecule has 0 atom stereocenters. The maximum atomic E-state index is 14.5. The zero-order chi connectivity index (χ0) is 17.3. The number of hydrogen-bond acceptors (Lipinski definition) is 0. The first-order valence-corrected chi connectivity index (χ1v) is 8.44. The Morgan fingerprint density at radius 1 is 0.792 bits per heavy atom. The number of halogens is 4. The van der Waals surface area contributed by atoms with Crippen molar-refractivity contribution in [2.75, 3.05) is 0 Å². The average Bonchev–Trinajstić information content (AvgIpc) is 2.60. The van der Waals surface area contributed by atoms with E-state index in [0.717, 1.165) is 49.3 Å². The van der Waals surface area contributed by atoms with Gasteiger partial charge in [0.15, 0.2) is 17.5 Å². The Hall–Kier alpha value is -1.84. The highest BCUT2D eigenvalue weighted by Gasteiger charge is 2.23. The van der Waals surface area contributed by atoms with Crippen LogP contribution in [0.4, 0.5) is 17.6 Å². The fourth-order valence-corrected chi connectivity index (χ4v) is 3.64. The maximum absolute atomic E-state index is 14.5. The van der Waals surface area contributed by atoms with Crippen LogP contribution in [0.3, 0.4) is 0 Å². The molecular weight excluding hydrogens is 316 g/mol. The molecular formula is C20H20F4. The van der Waals surface area contributed by atoms with Crippen LogP contribution in [0.15, 0.2) is 30.3 Å². The molecule has 1 fully saturated rings. The average molecular weight is 336 g/mol. The smallest absolute Gasteiger partial charge is 0.195 e. The molecule has 0 saturated heterocycles. The Bertz CT molecular complexity index is 731. The molecule has 0 N–H and O–H groups in total. The van der Waals surface area contributed by atoms with E-state index in [0.29, 0.717) is 5.92 Å². The van der Waals surface area contributed by atoms with E-state index >= 15 is 0 Å². The molecule has 0 heterocycles. The molecule has 4 heteroatoms. The number of rotatable bonds is 3. The summed E-state index contributed by atoms with van der Waals surface area (Å²) >= 11 is 0. The largest absolute Gasteiger partial charge is 0.206 e. The first kappa shape index (κ1) is 17.0. The van der Waals surface area contributed by atoms with Gasteiger partial charge in [0.2, 0.25) is 0 Å². The molecule has 0 amide bonds. The van der Waals surface area contributed by atoms with E-state index in [2.05, 4.69) is 6.92 Å². The Morgan fingerprint density at radius 3 is 2.08 bits per heavy atom. The SMILES string of the molecule is CCC1CCC(c2ccc(-c3ccc(F)c(F)c3F)c(F)c2)CC1. The molecule has 0 bridgehead atoms. The summed E-state index contributed by atoms with van der Waals surface area (Å²) in [6.07, 6.45) is 5.51. The van der Waals surface area contributed by atoms with Gasteiger partial charge in [0, 0.05) is 11.1 Å². The third-order valence-electron chi connectivity index (χ3n) is 5.21. The van der Waals surface area contributed by atoms with Gasteiger partial charge in [-0.3, -0.25) is 0 Å². The first-order valence-electron chi connectivity index (χ1n) is 8.44. The van der Waals surface area contributed by atoms with Gasteiger partial charge in [0.25, 0.3) is 0 Å². The van der Waals surface area contributed by atoms with Crippen molar-refractivity contribution in [3.05, 3.63) is 59.2 Å². The van der Waals surface area contributed by atoms with Crippen molar-refractivity contribution in [1.29, 1.82) is 0 Å². The molecule has 1 aliphatic rings. The summed E-state index contributed by atoms with van der Waals surface area (Å²) in [5.74, 6) is -3.75. The third-order valence-corrected chi connectivity index (χ3v) is 5.21. The van der Waals surface area contributed by atoms with Gasteiger partial charge in [0.1, 0.15) is 5.82 Å². The highest BCUT2D eigenvalue weighted by Crippen LogP contribution is 2.38. The van der Waals surface area contributed by atoms with Gasteiger partial charge in [0.05, 0.1) is 0 Å². The molecule has 0 radical (unpaired) electrons. The monoisotopic (exact) mass is 336 g/mol. The second-order valence-electron chi connectivity index (χ2n) is 6.59. The summed E-state index contributed by atoms with van der Waals surface area (Å²) in [6.45, 7) is 2.19. The Labute approximate surface area is 139 Å². The summed E-state index contributed by atoms with van der Waals surface area (Å²) in [7, 11) is 0. The molecule has 128 valence electrons. The number of benzene rings is 2. The van der Waals surface area contributed by atoms with Crippen molar-refractivity contribution in [1.82, 2.24) is 0 Å². The van der Waals surface area contributed by atoms with E-state index in [1.54, 1.807) is 6.07 Å². The van der Waals surface area contributed by atoms with Crippen molar-refractivity contribution in [3.8, 4) is 11.1 Å². The maximum Gasteiger partial charge on any atom is 0.195 e. The van der Waals surface area contributed by atoms with Crippen LogP contribution in [0.1, 0.15) is 50.5 Å². The third kappa shape index (κ3) is 3.19. The number of hydrogen-bond donors (Lipinski definition) is 0. The lowest BCUT2D eigenvalue weighted by Gasteiger charge is -2.28. The van der Waals surface area contributed by atoms with E-state index in [1.165, 1.54) is 18.6 Å². The van der Waals surface area contributed by atoms with Crippen LogP contribution in [0.5, 0.6) is 0 Å². The van der Waals surface area contributed by atoms with Crippen LogP contribution in [0.25, 0.3) is 11.1 Å². The minimum atomic E-state index is -1.58. The van der Waals surface area contributed by atoms with Crippen LogP contribution in [-0.2, 0) is 0 Å². The second kappa shape index (κ2) is 6.96. The molecule has 0 spiro atoms. The fraction of sp³-hybridized carbons (Fsp3) is 0.400. The molecule has 0 aliphatic heterocycles. The van der Waals surface area contributed by atoms with Crippen LogP contribution < -0.4 is 0 Å². The first-order chi connectivity index (χ1) is 11.5. The highest BCUT2D eigenvalue weighted by atomic mass is 19.2. The van der Waals surface area contributed by atoms with Crippen molar-refractivity contribution in [2.24, 2.45) is 5.92 Å². The van der Waals surface area contributed by atoms with Gasteiger partial charge < -0.3 is 0 Å². The van der Waals surface area contributed by atoms with E-state index in [4.69, 9.17) is 0 Å². The minimum Gasteiger partial charge on any atom is -0.206 e. The molecule has 1 aliphatic carbocycles. The molecule has 0 unspecified atom stereocenters. The van der Waals surface area contributed by atoms with E-state index < -0.39 is 23.3 Å². The molecule has 3 rings (SSSR count). The summed E-state index contributed by atoms with van der Waals surface area (Å²) in [5.41, 5.74) is 0.596. The zero-order valence-electron chi connectivity index (χ0n) is 13.6. The molecule has 24 heavy (non-hydrogen) atoms. The van der Waals surface area contributed by atoms with Gasteiger partial charge in [-0.25, -0.2) is 17.6 Å². The highest BCUT2D eigenvalue weighted by molar-refractivity contribution is 5.65. The standard InChI is InChI=1S/C20H20F4/c1-2-12-3-5-13(6-4-12)14-7-8-15(18(22)11-14)16-9-10-17(21)20(24)19(16)23/h7-13H,2-6H2,1H3. The minimum absolute atomic E-state index is 0.0441. The summed E-state index contributed by atoms with van der Waals surface area (Å²) < 4.78 is 54.8. The summed E-state index contributed by atoms with van der Waals surface area (Å²) in [5, 5.41) is 0. The molecule has 0 aromatic heterocycles. The van der Waals surface area contributed by atoms with Crippen LogP contribution in [0.2, 0.25) is 0 Å².